The standard InChI is InChI=1S/C18H22FNO/c1-12(2)20-11-15-8-9-16(14(4)10-15)21-17-7-5-6-13(3)18(17)19/h5-10,12,20H,11H2,1-4H3. The lowest BCUT2D eigenvalue weighted by molar-refractivity contribution is 0.437. The van der Waals surface area contributed by atoms with E-state index in [9.17, 15) is 4.39 Å². The number of halogens is 1. The molecule has 2 aromatic carbocycles. The van der Waals surface area contributed by atoms with Crippen LogP contribution in [0.25, 0.3) is 0 Å². The van der Waals surface area contributed by atoms with Crippen molar-refractivity contribution in [2.75, 3.05) is 0 Å². The van der Waals surface area contributed by atoms with Crippen LogP contribution in [0.5, 0.6) is 11.5 Å². The monoisotopic (exact) mass is 287 g/mol. The zero-order valence-corrected chi connectivity index (χ0v) is 13.0. The Bertz CT molecular complexity index is 623. The van der Waals surface area contributed by atoms with Crippen LogP contribution in [0.4, 0.5) is 4.39 Å². The number of nitrogens with one attached hydrogen (secondary N) is 1. The van der Waals surface area contributed by atoms with Crippen LogP contribution in [0.3, 0.4) is 0 Å². The number of rotatable bonds is 5. The van der Waals surface area contributed by atoms with Gasteiger partial charge in [-0.15, -0.1) is 0 Å². The molecule has 0 aliphatic heterocycles. The normalized spacial score (nSPS) is 11.0. The molecule has 0 spiro atoms. The molecule has 0 aliphatic carbocycles. The number of aryl methyl sites for hydroxylation is 2. The van der Waals surface area contributed by atoms with E-state index in [1.54, 1.807) is 25.1 Å². The minimum Gasteiger partial charge on any atom is -0.454 e. The maximum absolute atomic E-state index is 14.0. The molecule has 0 fully saturated rings. The first-order valence-electron chi connectivity index (χ1n) is 7.23. The summed E-state index contributed by atoms with van der Waals surface area (Å²) in [7, 11) is 0. The minimum absolute atomic E-state index is 0.270. The van der Waals surface area contributed by atoms with Gasteiger partial charge in [-0.1, -0.05) is 38.1 Å². The van der Waals surface area contributed by atoms with Gasteiger partial charge in [0.15, 0.2) is 11.6 Å². The summed E-state index contributed by atoms with van der Waals surface area (Å²) in [4.78, 5) is 0. The summed E-state index contributed by atoms with van der Waals surface area (Å²) < 4.78 is 19.7. The quantitative estimate of drug-likeness (QED) is 0.858. The molecule has 0 amide bonds. The fraction of sp³-hybridized carbons (Fsp3) is 0.333. The lowest BCUT2D eigenvalue weighted by Gasteiger charge is -2.13. The first-order valence-corrected chi connectivity index (χ1v) is 7.23. The highest BCUT2D eigenvalue weighted by Crippen LogP contribution is 2.29. The zero-order chi connectivity index (χ0) is 15.4. The molecule has 0 saturated heterocycles. The summed E-state index contributed by atoms with van der Waals surface area (Å²) >= 11 is 0. The van der Waals surface area contributed by atoms with Crippen molar-refractivity contribution in [3.63, 3.8) is 0 Å². The van der Waals surface area contributed by atoms with Gasteiger partial charge < -0.3 is 10.1 Å². The van der Waals surface area contributed by atoms with Crippen LogP contribution in [0, 0.1) is 19.7 Å². The number of benzene rings is 2. The minimum atomic E-state index is -0.303. The highest BCUT2D eigenvalue weighted by molar-refractivity contribution is 5.41. The highest BCUT2D eigenvalue weighted by atomic mass is 19.1. The van der Waals surface area contributed by atoms with Crippen LogP contribution in [0.2, 0.25) is 0 Å². The SMILES string of the molecule is Cc1cc(CNC(C)C)ccc1Oc1cccc(C)c1F. The Balaban J connectivity index is 2.16. The Morgan fingerprint density at radius 3 is 2.48 bits per heavy atom. The molecule has 0 saturated carbocycles. The fourth-order valence-corrected chi connectivity index (χ4v) is 2.08. The van der Waals surface area contributed by atoms with Crippen molar-refractivity contribution in [3.05, 3.63) is 58.9 Å². The van der Waals surface area contributed by atoms with Gasteiger partial charge in [-0.3, -0.25) is 0 Å². The van der Waals surface area contributed by atoms with E-state index in [-0.39, 0.29) is 11.6 Å². The first kappa shape index (κ1) is 15.5. The maximum Gasteiger partial charge on any atom is 0.168 e. The van der Waals surface area contributed by atoms with Gasteiger partial charge in [-0.2, -0.15) is 0 Å². The van der Waals surface area contributed by atoms with E-state index in [2.05, 4.69) is 25.2 Å². The van der Waals surface area contributed by atoms with Crippen LogP contribution in [-0.2, 0) is 6.54 Å². The van der Waals surface area contributed by atoms with Crippen molar-refractivity contribution in [1.82, 2.24) is 5.32 Å². The molecule has 112 valence electrons. The summed E-state index contributed by atoms with van der Waals surface area (Å²) in [6.45, 7) is 8.75. The average Bonchev–Trinajstić information content (AvgIpc) is 2.44. The second kappa shape index (κ2) is 6.72. The Hall–Kier alpha value is -1.87. The van der Waals surface area contributed by atoms with E-state index < -0.39 is 0 Å². The summed E-state index contributed by atoms with van der Waals surface area (Å²) in [5.41, 5.74) is 2.78. The topological polar surface area (TPSA) is 21.3 Å². The van der Waals surface area contributed by atoms with Crippen LogP contribution in [0.1, 0.15) is 30.5 Å². The van der Waals surface area contributed by atoms with Gasteiger partial charge in [0.1, 0.15) is 5.75 Å². The summed E-state index contributed by atoms with van der Waals surface area (Å²) in [6.07, 6.45) is 0. The lowest BCUT2D eigenvalue weighted by atomic mass is 10.1. The van der Waals surface area contributed by atoms with Crippen molar-refractivity contribution in [3.8, 4) is 11.5 Å². The molecule has 0 aromatic heterocycles. The average molecular weight is 287 g/mol. The molecule has 0 aliphatic rings. The Labute approximate surface area is 126 Å². The molecule has 2 rings (SSSR count). The third kappa shape index (κ3) is 4.05. The summed E-state index contributed by atoms with van der Waals surface area (Å²) in [6, 6.07) is 11.6. The van der Waals surface area contributed by atoms with E-state index in [1.807, 2.05) is 19.1 Å². The molecule has 2 aromatic rings. The van der Waals surface area contributed by atoms with Crippen LogP contribution >= 0.6 is 0 Å². The van der Waals surface area contributed by atoms with Crippen molar-refractivity contribution < 1.29 is 9.13 Å². The fourth-order valence-electron chi connectivity index (χ4n) is 2.08. The number of hydrogen-bond acceptors (Lipinski definition) is 2. The molecule has 0 unspecified atom stereocenters. The van der Waals surface area contributed by atoms with Crippen molar-refractivity contribution >= 4 is 0 Å². The van der Waals surface area contributed by atoms with Crippen LogP contribution < -0.4 is 10.1 Å². The molecule has 3 heteroatoms. The summed E-state index contributed by atoms with van der Waals surface area (Å²) in [5, 5.41) is 3.37. The van der Waals surface area contributed by atoms with E-state index in [4.69, 9.17) is 4.74 Å². The second-order valence-corrected chi connectivity index (χ2v) is 5.62. The smallest absolute Gasteiger partial charge is 0.168 e. The zero-order valence-electron chi connectivity index (χ0n) is 13.0. The molecule has 0 atom stereocenters. The van der Waals surface area contributed by atoms with E-state index in [0.717, 1.165) is 12.1 Å². The van der Waals surface area contributed by atoms with Crippen molar-refractivity contribution in [2.24, 2.45) is 0 Å². The number of ether oxygens (including phenoxy) is 1. The first-order chi connectivity index (χ1) is 9.97. The predicted molar refractivity (Wildman–Crippen MR) is 84.4 cm³/mol. The van der Waals surface area contributed by atoms with Crippen LogP contribution in [-0.4, -0.2) is 6.04 Å². The molecule has 0 heterocycles. The van der Waals surface area contributed by atoms with Gasteiger partial charge >= 0.3 is 0 Å². The van der Waals surface area contributed by atoms with Gasteiger partial charge in [0, 0.05) is 12.6 Å². The van der Waals surface area contributed by atoms with Crippen LogP contribution in [0.15, 0.2) is 36.4 Å². The maximum atomic E-state index is 14.0. The predicted octanol–water partition coefficient (Wildman–Crippen LogP) is 4.73. The molecular formula is C18H22FNO. The molecule has 0 bridgehead atoms. The highest BCUT2D eigenvalue weighted by Gasteiger charge is 2.09. The van der Waals surface area contributed by atoms with Gasteiger partial charge in [-0.05, 0) is 42.7 Å². The van der Waals surface area contributed by atoms with E-state index >= 15 is 0 Å². The van der Waals surface area contributed by atoms with Gasteiger partial charge in [0.25, 0.3) is 0 Å². The Morgan fingerprint density at radius 2 is 1.81 bits per heavy atom. The van der Waals surface area contributed by atoms with Gasteiger partial charge in [0.2, 0.25) is 0 Å². The summed E-state index contributed by atoms with van der Waals surface area (Å²) in [5.74, 6) is 0.654. The molecule has 2 nitrogen and oxygen atoms in total. The van der Waals surface area contributed by atoms with E-state index in [0.29, 0.717) is 17.4 Å². The van der Waals surface area contributed by atoms with Gasteiger partial charge in [0.05, 0.1) is 0 Å². The number of hydrogen-bond donors (Lipinski definition) is 1. The second-order valence-electron chi connectivity index (χ2n) is 5.62. The molecule has 21 heavy (non-hydrogen) atoms. The molecule has 1 N–H and O–H groups in total. The largest absolute Gasteiger partial charge is 0.454 e. The van der Waals surface area contributed by atoms with E-state index in [1.165, 1.54) is 5.56 Å². The lowest BCUT2D eigenvalue weighted by Crippen LogP contribution is -2.21. The third-order valence-electron chi connectivity index (χ3n) is 3.33. The Kier molecular flexibility index (Phi) is 4.97. The van der Waals surface area contributed by atoms with Crippen molar-refractivity contribution in [2.45, 2.75) is 40.3 Å². The molecular weight excluding hydrogens is 265 g/mol. The van der Waals surface area contributed by atoms with Gasteiger partial charge in [-0.25, -0.2) is 4.39 Å². The Morgan fingerprint density at radius 1 is 1.05 bits per heavy atom. The van der Waals surface area contributed by atoms with Crippen molar-refractivity contribution in [1.29, 1.82) is 0 Å². The molecule has 0 radical (unpaired) electrons. The third-order valence-corrected chi connectivity index (χ3v) is 3.33.